The molecule has 11 rings (SSSR count). The van der Waals surface area contributed by atoms with Crippen LogP contribution in [-0.4, -0.2) is 4.98 Å². The number of hydrogen-bond acceptors (Lipinski definition) is 3. The van der Waals surface area contributed by atoms with E-state index in [1.54, 1.807) is 0 Å². The van der Waals surface area contributed by atoms with Crippen molar-refractivity contribution in [3.63, 3.8) is 0 Å². The molecule has 7 aliphatic carbocycles. The molecule has 3 unspecified atom stereocenters. The van der Waals surface area contributed by atoms with E-state index >= 15 is 0 Å². The van der Waals surface area contributed by atoms with Gasteiger partial charge in [0, 0.05) is 23.3 Å². The second-order valence-electron chi connectivity index (χ2n) is 13.8. The van der Waals surface area contributed by atoms with Crippen LogP contribution in [0.25, 0.3) is 45.0 Å². The first kappa shape index (κ1) is 25.3. The zero-order valence-electron chi connectivity index (χ0n) is 25.7. The molecule has 0 saturated heterocycles. The number of aromatic nitrogens is 1. The van der Waals surface area contributed by atoms with Crippen molar-refractivity contribution in [2.24, 2.45) is 5.92 Å². The van der Waals surface area contributed by atoms with Gasteiger partial charge in [0.2, 0.25) is 5.89 Å². The van der Waals surface area contributed by atoms with E-state index in [2.05, 4.69) is 97.2 Å². The summed E-state index contributed by atoms with van der Waals surface area (Å²) in [5.41, 5.74) is 14.5. The molecular weight excluding hydrogens is 562 g/mol. The summed E-state index contributed by atoms with van der Waals surface area (Å²) in [6.45, 7) is 0. The van der Waals surface area contributed by atoms with E-state index in [1.165, 1.54) is 66.3 Å². The van der Waals surface area contributed by atoms with Gasteiger partial charge in [0.25, 0.3) is 0 Å². The van der Waals surface area contributed by atoms with Gasteiger partial charge in [-0.15, -0.1) is 0 Å². The zero-order valence-corrected chi connectivity index (χ0v) is 25.7. The van der Waals surface area contributed by atoms with E-state index in [0.717, 1.165) is 73.6 Å². The van der Waals surface area contributed by atoms with E-state index in [-0.39, 0.29) is 11.8 Å². The average Bonchev–Trinajstić information content (AvgIpc) is 3.81. The number of oxazole rings is 1. The van der Waals surface area contributed by atoms with Crippen LogP contribution in [0.2, 0.25) is 0 Å². The van der Waals surface area contributed by atoms with E-state index in [4.69, 9.17) is 13.8 Å². The van der Waals surface area contributed by atoms with Gasteiger partial charge >= 0.3 is 0 Å². The van der Waals surface area contributed by atoms with Crippen LogP contribution in [0, 0.1) is 5.92 Å². The highest BCUT2D eigenvalue weighted by molar-refractivity contribution is 6.25. The van der Waals surface area contributed by atoms with E-state index < -0.39 is 0 Å². The SMILES string of the molecule is C1=CC2=C(C=CC3C=Cc4nc(C5C=CC(C6=CCCC7=C6c6cc8oc9c(c8c8cccc7c68)C=CCC9)=CC5)oc4C23)CC1. The molecule has 0 aliphatic heterocycles. The molecule has 0 amide bonds. The van der Waals surface area contributed by atoms with E-state index in [1.807, 2.05) is 0 Å². The van der Waals surface area contributed by atoms with Crippen molar-refractivity contribution in [3.8, 4) is 0 Å². The van der Waals surface area contributed by atoms with Crippen molar-refractivity contribution >= 4 is 45.0 Å². The van der Waals surface area contributed by atoms with Crippen LogP contribution >= 0.6 is 0 Å². The summed E-state index contributed by atoms with van der Waals surface area (Å²) in [7, 11) is 0. The molecule has 0 bridgehead atoms. The maximum Gasteiger partial charge on any atom is 0.202 e. The Morgan fingerprint density at radius 3 is 2.67 bits per heavy atom. The Labute approximate surface area is 268 Å². The molecular formula is C43H33NO2. The second kappa shape index (κ2) is 9.33. The lowest BCUT2D eigenvalue weighted by Gasteiger charge is -2.31. The number of benzene rings is 2. The molecule has 4 aromatic rings. The van der Waals surface area contributed by atoms with Crippen molar-refractivity contribution < 1.29 is 8.83 Å². The molecule has 0 fully saturated rings. The molecule has 2 heterocycles. The molecule has 3 nitrogen and oxygen atoms in total. The maximum atomic E-state index is 6.69. The average molecular weight is 596 g/mol. The zero-order chi connectivity index (χ0) is 29.9. The number of furan rings is 1. The first-order valence-electron chi connectivity index (χ1n) is 17.1. The molecule has 0 N–H and O–H groups in total. The summed E-state index contributed by atoms with van der Waals surface area (Å²) in [5, 5.41) is 4.00. The molecule has 7 aliphatic rings. The van der Waals surface area contributed by atoms with Crippen LogP contribution in [0.15, 0.2) is 116 Å². The summed E-state index contributed by atoms with van der Waals surface area (Å²) in [4.78, 5) is 5.06. The van der Waals surface area contributed by atoms with Gasteiger partial charge in [0.1, 0.15) is 22.8 Å². The number of rotatable bonds is 2. The highest BCUT2D eigenvalue weighted by atomic mass is 16.4. The van der Waals surface area contributed by atoms with Crippen molar-refractivity contribution in [2.45, 2.75) is 56.8 Å². The van der Waals surface area contributed by atoms with Gasteiger partial charge in [-0.05, 0) is 106 Å². The van der Waals surface area contributed by atoms with Crippen LogP contribution in [0.1, 0.15) is 90.2 Å². The second-order valence-corrected chi connectivity index (χ2v) is 13.8. The number of fused-ring (bicyclic) bond motifs is 10. The van der Waals surface area contributed by atoms with Crippen LogP contribution in [0.5, 0.6) is 0 Å². The Bertz CT molecular complexity index is 2350. The predicted octanol–water partition coefficient (Wildman–Crippen LogP) is 11.1. The quantitative estimate of drug-likeness (QED) is 0.231. The van der Waals surface area contributed by atoms with Crippen LogP contribution in [-0.2, 0) is 6.42 Å². The van der Waals surface area contributed by atoms with Gasteiger partial charge in [-0.1, -0.05) is 85.0 Å². The molecule has 2 aromatic carbocycles. The maximum absolute atomic E-state index is 6.69. The lowest BCUT2D eigenvalue weighted by atomic mass is 9.73. The lowest BCUT2D eigenvalue weighted by Crippen LogP contribution is -2.19. The van der Waals surface area contributed by atoms with Gasteiger partial charge < -0.3 is 8.83 Å². The summed E-state index contributed by atoms with van der Waals surface area (Å²) in [6.07, 6.45) is 35.1. The third kappa shape index (κ3) is 3.41. The summed E-state index contributed by atoms with van der Waals surface area (Å²) in [5.74, 6) is 3.73. The van der Waals surface area contributed by atoms with E-state index in [9.17, 15) is 0 Å². The Morgan fingerprint density at radius 1 is 0.783 bits per heavy atom. The monoisotopic (exact) mass is 595 g/mol. The summed E-state index contributed by atoms with van der Waals surface area (Å²) >= 11 is 0. The minimum atomic E-state index is 0.139. The number of hydrogen-bond donors (Lipinski definition) is 0. The first-order valence-corrected chi connectivity index (χ1v) is 17.1. The Hall–Kier alpha value is -4.89. The molecule has 46 heavy (non-hydrogen) atoms. The fourth-order valence-corrected chi connectivity index (χ4v) is 9.25. The minimum Gasteiger partial charge on any atom is -0.460 e. The third-order valence-electron chi connectivity index (χ3n) is 11.3. The smallest absolute Gasteiger partial charge is 0.202 e. The predicted molar refractivity (Wildman–Crippen MR) is 186 cm³/mol. The van der Waals surface area contributed by atoms with Crippen molar-refractivity contribution in [1.82, 2.24) is 4.98 Å². The molecule has 2 aromatic heterocycles. The molecule has 0 saturated carbocycles. The largest absolute Gasteiger partial charge is 0.460 e. The number of nitrogens with zero attached hydrogens (tertiary/aromatic N) is 1. The summed E-state index contributed by atoms with van der Waals surface area (Å²) < 4.78 is 13.2. The fourth-order valence-electron chi connectivity index (χ4n) is 9.25. The van der Waals surface area contributed by atoms with Crippen LogP contribution in [0.3, 0.4) is 0 Å². The number of allylic oxidation sites excluding steroid dienone is 16. The Morgan fingerprint density at radius 2 is 1.72 bits per heavy atom. The van der Waals surface area contributed by atoms with Crippen LogP contribution in [0.4, 0.5) is 0 Å². The van der Waals surface area contributed by atoms with E-state index in [0.29, 0.717) is 5.92 Å². The van der Waals surface area contributed by atoms with Crippen molar-refractivity contribution in [2.75, 3.05) is 0 Å². The van der Waals surface area contributed by atoms with Gasteiger partial charge in [0.15, 0.2) is 0 Å². The highest BCUT2D eigenvalue weighted by Crippen LogP contribution is 2.54. The van der Waals surface area contributed by atoms with Gasteiger partial charge in [0.05, 0.1) is 11.8 Å². The standard InChI is InChI=1S/C43H33NO2/c1-2-8-28-24(7-1)15-18-26-21-22-35-42(38(26)28)46-43(44-35)27-19-16-25(17-20-27)29-10-5-11-30-31-12-6-13-33-40(31)34(39(29)30)23-37-41(33)32-9-3-4-14-36(32)45-37/h2-3,6,8-10,12-13,15-19,21-23,26-27,38H,1,4-5,7,11,14,20H2. The molecule has 222 valence electrons. The minimum absolute atomic E-state index is 0.139. The molecule has 0 spiro atoms. The Balaban J connectivity index is 0.942. The fraction of sp³-hybridized carbons (Fsp3) is 0.233. The topological polar surface area (TPSA) is 39.2 Å². The van der Waals surface area contributed by atoms with Crippen molar-refractivity contribution in [1.29, 1.82) is 0 Å². The first-order chi connectivity index (χ1) is 22.8. The van der Waals surface area contributed by atoms with Gasteiger partial charge in [-0.2, -0.15) is 0 Å². The van der Waals surface area contributed by atoms with Gasteiger partial charge in [-0.25, -0.2) is 4.98 Å². The third-order valence-corrected chi connectivity index (χ3v) is 11.3. The molecule has 0 radical (unpaired) electrons. The van der Waals surface area contributed by atoms with Crippen LogP contribution < -0.4 is 0 Å². The molecule has 3 heteroatoms. The molecule has 3 atom stereocenters. The highest BCUT2D eigenvalue weighted by Gasteiger charge is 2.37. The normalized spacial score (nSPS) is 25.1. The van der Waals surface area contributed by atoms with Crippen molar-refractivity contribution in [3.05, 3.63) is 147 Å². The lowest BCUT2D eigenvalue weighted by molar-refractivity contribution is 0.407. The van der Waals surface area contributed by atoms with Gasteiger partial charge in [-0.3, -0.25) is 0 Å². The number of aryl methyl sites for hydroxylation is 1. The Kier molecular flexibility index (Phi) is 5.13. The summed E-state index contributed by atoms with van der Waals surface area (Å²) in [6, 6.07) is 9.21.